The molecule has 2 aromatic rings. The molecule has 2 heterocycles. The summed E-state index contributed by atoms with van der Waals surface area (Å²) in [7, 11) is 0. The molecule has 0 fully saturated rings. The molecule has 0 aliphatic carbocycles. The molecular weight excluding hydrogens is 342 g/mol. The molecule has 0 N–H and O–H groups in total. The highest BCUT2D eigenvalue weighted by atomic mass is 79.9. The number of carbonyl (C=O) groups excluding carboxylic acids is 1. The Hall–Kier alpha value is -1.40. The molecule has 1 aromatic heterocycles. The second kappa shape index (κ2) is 6.85. The van der Waals surface area contributed by atoms with Crippen LogP contribution in [-0.4, -0.2) is 19.0 Å². The van der Waals surface area contributed by atoms with Gasteiger partial charge in [-0.2, -0.15) is 4.57 Å². The van der Waals surface area contributed by atoms with Gasteiger partial charge < -0.3 is 26.5 Å². The van der Waals surface area contributed by atoms with E-state index in [0.717, 1.165) is 12.2 Å². The first-order chi connectivity index (χ1) is 9.33. The molecule has 0 unspecified atom stereocenters. The largest absolute Gasteiger partial charge is 1.00 e. The number of fused-ring (bicyclic) bond motifs is 1. The Bertz CT molecular complexity index is 586. The molecule has 1 aliphatic heterocycles. The minimum Gasteiger partial charge on any atom is -1.00 e. The van der Waals surface area contributed by atoms with E-state index in [1.165, 1.54) is 0 Å². The van der Waals surface area contributed by atoms with Crippen LogP contribution in [0.2, 0.25) is 0 Å². The molecule has 0 saturated carbocycles. The van der Waals surface area contributed by atoms with Crippen LogP contribution in [0.3, 0.4) is 0 Å². The lowest BCUT2D eigenvalue weighted by molar-refractivity contribution is -0.678. The minimum absolute atomic E-state index is 0. The van der Waals surface area contributed by atoms with Gasteiger partial charge in [-0.1, -0.05) is 11.3 Å². The summed E-state index contributed by atoms with van der Waals surface area (Å²) in [5, 5.41) is 1.95. The smallest absolute Gasteiger partial charge is 0.227 e. The first kappa shape index (κ1) is 15.0. The third kappa shape index (κ3) is 3.37. The number of hydrogen-bond acceptors (Lipinski definition) is 4. The molecule has 0 spiro atoms. The fraction of sp³-hybridized carbons (Fsp3) is 0.286. The van der Waals surface area contributed by atoms with Crippen LogP contribution < -0.4 is 31.0 Å². The summed E-state index contributed by atoms with van der Waals surface area (Å²) < 4.78 is 13.0. The lowest BCUT2D eigenvalue weighted by Gasteiger charge is -2.07. The zero-order chi connectivity index (χ0) is 13.1. The van der Waals surface area contributed by atoms with Crippen molar-refractivity contribution in [2.24, 2.45) is 0 Å². The van der Waals surface area contributed by atoms with Crippen molar-refractivity contribution in [3.63, 3.8) is 0 Å². The maximum atomic E-state index is 12.2. The molecule has 0 bridgehead atoms. The van der Waals surface area contributed by atoms with Crippen molar-refractivity contribution in [2.45, 2.75) is 13.0 Å². The zero-order valence-corrected chi connectivity index (χ0v) is 13.2. The van der Waals surface area contributed by atoms with Gasteiger partial charge in [0.25, 0.3) is 0 Å². The number of hydrogen-bond donors (Lipinski definition) is 0. The fourth-order valence-electron chi connectivity index (χ4n) is 1.95. The van der Waals surface area contributed by atoms with Crippen LogP contribution in [-0.2, 0) is 6.54 Å². The predicted molar refractivity (Wildman–Crippen MR) is 70.9 cm³/mol. The summed E-state index contributed by atoms with van der Waals surface area (Å²) in [6, 6.07) is 5.38. The molecule has 6 heteroatoms. The average Bonchev–Trinajstić information content (AvgIpc) is 2.81. The van der Waals surface area contributed by atoms with Crippen LogP contribution in [0, 0.1) is 0 Å². The molecule has 4 nitrogen and oxygen atoms in total. The number of benzene rings is 1. The van der Waals surface area contributed by atoms with E-state index in [2.05, 4.69) is 0 Å². The van der Waals surface area contributed by atoms with E-state index in [0.29, 0.717) is 31.1 Å². The number of aromatic nitrogens is 1. The highest BCUT2D eigenvalue weighted by Gasteiger charge is 2.16. The molecule has 3 rings (SSSR count). The Morgan fingerprint density at radius 3 is 2.80 bits per heavy atom. The Kier molecular flexibility index (Phi) is 5.14. The SMILES string of the molecule is O=C(C[n+]1ccsc1)c1ccc2c(c1)OCCCO2.[Br-]. The third-order valence-electron chi connectivity index (χ3n) is 2.92. The Labute approximate surface area is 131 Å². The summed E-state index contributed by atoms with van der Waals surface area (Å²) >= 11 is 1.57. The van der Waals surface area contributed by atoms with Gasteiger partial charge in [-0.25, -0.2) is 0 Å². The molecule has 20 heavy (non-hydrogen) atoms. The number of thiazole rings is 1. The van der Waals surface area contributed by atoms with Crippen molar-refractivity contribution in [1.82, 2.24) is 0 Å². The summed E-state index contributed by atoms with van der Waals surface area (Å²) in [4.78, 5) is 12.2. The van der Waals surface area contributed by atoms with Gasteiger partial charge in [-0.3, -0.25) is 4.79 Å². The van der Waals surface area contributed by atoms with Gasteiger partial charge in [0.1, 0.15) is 0 Å². The normalized spacial score (nSPS) is 13.2. The molecule has 1 aliphatic rings. The lowest BCUT2D eigenvalue weighted by Crippen LogP contribution is -3.00. The quantitative estimate of drug-likeness (QED) is 0.528. The summed E-state index contributed by atoms with van der Waals surface area (Å²) in [6.45, 7) is 1.64. The predicted octanol–water partition coefficient (Wildman–Crippen LogP) is -0.916. The van der Waals surface area contributed by atoms with Crippen molar-refractivity contribution in [2.75, 3.05) is 13.2 Å². The molecule has 106 valence electrons. The number of nitrogens with zero attached hydrogens (tertiary/aromatic N) is 1. The van der Waals surface area contributed by atoms with Crippen molar-refractivity contribution in [1.29, 1.82) is 0 Å². The summed E-state index contributed by atoms with van der Waals surface area (Å²) in [5.74, 6) is 1.45. The highest BCUT2D eigenvalue weighted by Crippen LogP contribution is 2.30. The van der Waals surface area contributed by atoms with Crippen molar-refractivity contribution >= 4 is 17.1 Å². The van der Waals surface area contributed by atoms with Crippen LogP contribution in [0.15, 0.2) is 35.3 Å². The number of halogens is 1. The lowest BCUT2D eigenvalue weighted by atomic mass is 10.1. The van der Waals surface area contributed by atoms with Gasteiger partial charge in [-0.15, -0.1) is 0 Å². The second-order valence-corrected chi connectivity index (χ2v) is 5.09. The summed E-state index contributed by atoms with van der Waals surface area (Å²) in [6.07, 6.45) is 2.76. The van der Waals surface area contributed by atoms with Crippen molar-refractivity contribution in [3.05, 3.63) is 40.8 Å². The minimum atomic E-state index is 0. The van der Waals surface area contributed by atoms with Crippen LogP contribution in [0.25, 0.3) is 0 Å². The summed E-state index contributed by atoms with van der Waals surface area (Å²) in [5.41, 5.74) is 2.57. The van der Waals surface area contributed by atoms with E-state index in [9.17, 15) is 4.79 Å². The zero-order valence-electron chi connectivity index (χ0n) is 10.8. The van der Waals surface area contributed by atoms with Gasteiger partial charge in [-0.05, 0) is 18.2 Å². The Morgan fingerprint density at radius 1 is 1.25 bits per heavy atom. The van der Waals surface area contributed by atoms with Crippen LogP contribution in [0.4, 0.5) is 0 Å². The molecule has 0 radical (unpaired) electrons. The van der Waals surface area contributed by atoms with Gasteiger partial charge in [0.05, 0.1) is 18.6 Å². The van der Waals surface area contributed by atoms with E-state index in [4.69, 9.17) is 9.47 Å². The fourth-order valence-corrected chi connectivity index (χ4v) is 2.54. The number of ketones is 1. The number of ether oxygens (including phenoxy) is 2. The topological polar surface area (TPSA) is 39.4 Å². The van der Waals surface area contributed by atoms with Crippen molar-refractivity contribution < 1.29 is 35.8 Å². The maximum Gasteiger partial charge on any atom is 0.227 e. The first-order valence-corrected chi connectivity index (χ1v) is 7.11. The molecule has 0 saturated heterocycles. The van der Waals surface area contributed by atoms with Crippen molar-refractivity contribution in [3.8, 4) is 11.5 Å². The second-order valence-electron chi connectivity index (χ2n) is 4.33. The molecule has 1 aromatic carbocycles. The monoisotopic (exact) mass is 355 g/mol. The van der Waals surface area contributed by atoms with Gasteiger partial charge in [0.2, 0.25) is 17.8 Å². The average molecular weight is 356 g/mol. The van der Waals surface area contributed by atoms with Gasteiger partial charge >= 0.3 is 0 Å². The Balaban J connectivity index is 0.00000147. The molecule has 0 amide bonds. The van der Waals surface area contributed by atoms with E-state index in [1.54, 1.807) is 23.5 Å². The molecule has 0 atom stereocenters. The van der Waals surface area contributed by atoms with E-state index in [1.807, 2.05) is 27.7 Å². The van der Waals surface area contributed by atoms with Crippen LogP contribution in [0.1, 0.15) is 16.8 Å². The van der Waals surface area contributed by atoms with Crippen LogP contribution >= 0.6 is 11.3 Å². The van der Waals surface area contributed by atoms with Crippen LogP contribution in [0.5, 0.6) is 11.5 Å². The Morgan fingerprint density at radius 2 is 2.05 bits per heavy atom. The van der Waals surface area contributed by atoms with Gasteiger partial charge in [0, 0.05) is 12.0 Å². The maximum absolute atomic E-state index is 12.2. The number of Topliss-reactive ketones (excluding diaryl/α,β-unsaturated/α-hetero) is 1. The van der Waals surface area contributed by atoms with E-state index >= 15 is 0 Å². The van der Waals surface area contributed by atoms with E-state index in [-0.39, 0.29) is 22.8 Å². The number of rotatable bonds is 3. The molecular formula is C14H14BrNO3S. The van der Waals surface area contributed by atoms with E-state index < -0.39 is 0 Å². The standard InChI is InChI=1S/C14H14NO3S.BrH/c16-12(9-15-4-7-19-10-15)11-2-3-13-14(8-11)18-6-1-5-17-13;/h2-4,7-8,10H,1,5-6,9H2;1H/q+1;/p-1. The number of carbonyl (C=O) groups is 1. The highest BCUT2D eigenvalue weighted by molar-refractivity contribution is 7.07. The third-order valence-corrected chi connectivity index (χ3v) is 3.59. The first-order valence-electron chi connectivity index (χ1n) is 6.17. The van der Waals surface area contributed by atoms with Gasteiger partial charge in [0.15, 0.2) is 17.7 Å².